The van der Waals surface area contributed by atoms with Gasteiger partial charge < -0.3 is 10.5 Å². The van der Waals surface area contributed by atoms with Crippen molar-refractivity contribution in [1.29, 1.82) is 0 Å². The minimum Gasteiger partial charge on any atom is -0.333 e. The lowest BCUT2D eigenvalue weighted by Gasteiger charge is -1.97. The quantitative estimate of drug-likeness (QED) is 0.615. The lowest BCUT2D eigenvalue weighted by molar-refractivity contribution is -0.107. The molecule has 0 aliphatic rings. The molecule has 16 heavy (non-hydrogen) atoms. The lowest BCUT2D eigenvalue weighted by atomic mass is 10.1. The van der Waals surface area contributed by atoms with Crippen LogP contribution in [0.5, 0.6) is 0 Å². The number of aryl methyl sites for hydroxylation is 1. The van der Waals surface area contributed by atoms with E-state index in [4.69, 9.17) is 0 Å². The minimum absolute atomic E-state index is 0.701. The summed E-state index contributed by atoms with van der Waals surface area (Å²) in [6.07, 6.45) is 4.91. The molecule has 0 heterocycles. The number of rotatable bonds is 5. The fourth-order valence-corrected chi connectivity index (χ4v) is 1.20. The van der Waals surface area contributed by atoms with E-state index in [9.17, 15) is 4.79 Å². The van der Waals surface area contributed by atoms with Crippen LogP contribution in [0.1, 0.15) is 38.7 Å². The lowest BCUT2D eigenvalue weighted by Crippen LogP contribution is -1.85. The topological polar surface area (TPSA) is 43.1 Å². The van der Waals surface area contributed by atoms with Crippen LogP contribution in [0.3, 0.4) is 0 Å². The highest BCUT2D eigenvalue weighted by Gasteiger charge is 1.90. The van der Waals surface area contributed by atoms with Gasteiger partial charge in [-0.25, -0.2) is 0 Å². The molecule has 0 saturated carbocycles. The van der Waals surface area contributed by atoms with E-state index in [2.05, 4.69) is 30.0 Å². The van der Waals surface area contributed by atoms with Crippen LogP contribution in [0.4, 0.5) is 0 Å². The van der Waals surface area contributed by atoms with Crippen LogP contribution in [0.25, 0.3) is 0 Å². The van der Waals surface area contributed by atoms with E-state index in [-0.39, 0.29) is 0 Å². The van der Waals surface area contributed by atoms with Crippen LogP contribution in [-0.2, 0) is 11.2 Å². The third-order valence-electron chi connectivity index (χ3n) is 1.88. The Morgan fingerprint density at radius 3 is 2.12 bits per heavy atom. The number of carbonyl (C=O) groups excluding carboxylic acids is 1. The Balaban J connectivity index is 0. The van der Waals surface area contributed by atoms with Crippen LogP contribution in [-0.4, -0.2) is 13.3 Å². The Hall–Kier alpha value is -1.15. The molecular formula is C14H25NO. The van der Waals surface area contributed by atoms with E-state index >= 15 is 0 Å². The molecule has 1 aromatic rings. The molecule has 0 spiro atoms. The SMILES string of the molecule is CC.CN.O=CCCCCc1ccccc1. The van der Waals surface area contributed by atoms with Crippen LogP contribution in [0, 0.1) is 0 Å². The van der Waals surface area contributed by atoms with Gasteiger partial charge in [0.15, 0.2) is 0 Å². The summed E-state index contributed by atoms with van der Waals surface area (Å²) in [4.78, 5) is 10.0. The zero-order chi connectivity index (χ0) is 12.6. The van der Waals surface area contributed by atoms with Crippen molar-refractivity contribution in [2.75, 3.05) is 7.05 Å². The second-order valence-electron chi connectivity index (χ2n) is 2.90. The van der Waals surface area contributed by atoms with Crippen molar-refractivity contribution >= 4 is 6.29 Å². The highest BCUT2D eigenvalue weighted by Crippen LogP contribution is 2.04. The number of nitrogens with two attached hydrogens (primary N) is 1. The average Bonchev–Trinajstić information content (AvgIpc) is 2.41. The molecule has 92 valence electrons. The Morgan fingerprint density at radius 2 is 1.62 bits per heavy atom. The molecule has 1 rings (SSSR count). The molecule has 1 aromatic carbocycles. The van der Waals surface area contributed by atoms with Gasteiger partial charge in [-0.1, -0.05) is 44.2 Å². The zero-order valence-electron chi connectivity index (χ0n) is 10.8. The summed E-state index contributed by atoms with van der Waals surface area (Å²) in [5.41, 5.74) is 5.86. The molecule has 0 unspecified atom stereocenters. The number of carbonyl (C=O) groups is 1. The van der Waals surface area contributed by atoms with Gasteiger partial charge in [0.25, 0.3) is 0 Å². The standard InChI is InChI=1S/C11H14O.C2H6.CH5N/c12-10-6-2-5-9-11-7-3-1-4-8-11;2*1-2/h1,3-4,7-8,10H,2,5-6,9H2;1-2H3;2H2,1H3. The number of unbranched alkanes of at least 4 members (excludes halogenated alkanes) is 2. The summed E-state index contributed by atoms with van der Waals surface area (Å²) in [6.45, 7) is 4.00. The first-order valence-electron chi connectivity index (χ1n) is 5.99. The van der Waals surface area contributed by atoms with Gasteiger partial charge in [-0.05, 0) is 31.9 Å². The van der Waals surface area contributed by atoms with Gasteiger partial charge in [-0.2, -0.15) is 0 Å². The van der Waals surface area contributed by atoms with E-state index in [0.29, 0.717) is 6.42 Å². The van der Waals surface area contributed by atoms with Crippen molar-refractivity contribution in [3.63, 3.8) is 0 Å². The molecule has 0 aliphatic carbocycles. The molecular weight excluding hydrogens is 198 g/mol. The predicted molar refractivity (Wildman–Crippen MR) is 71.5 cm³/mol. The molecule has 0 aliphatic heterocycles. The predicted octanol–water partition coefficient (Wildman–Crippen LogP) is 3.20. The first-order valence-corrected chi connectivity index (χ1v) is 5.99. The summed E-state index contributed by atoms with van der Waals surface area (Å²) in [5, 5.41) is 0. The van der Waals surface area contributed by atoms with Crippen molar-refractivity contribution in [3.8, 4) is 0 Å². The van der Waals surface area contributed by atoms with E-state index in [0.717, 1.165) is 25.5 Å². The normalized spacial score (nSPS) is 8.00. The molecule has 0 atom stereocenters. The first kappa shape index (κ1) is 17.3. The Kier molecular flexibility index (Phi) is 17.6. The smallest absolute Gasteiger partial charge is 0.119 e. The van der Waals surface area contributed by atoms with Gasteiger partial charge in [0.2, 0.25) is 0 Å². The molecule has 2 nitrogen and oxygen atoms in total. The fourth-order valence-electron chi connectivity index (χ4n) is 1.20. The Labute approximate surface area is 99.9 Å². The fraction of sp³-hybridized carbons (Fsp3) is 0.500. The highest BCUT2D eigenvalue weighted by molar-refractivity contribution is 5.48. The monoisotopic (exact) mass is 223 g/mol. The molecule has 0 bridgehead atoms. The summed E-state index contributed by atoms with van der Waals surface area (Å²) >= 11 is 0. The molecule has 0 fully saturated rings. The van der Waals surface area contributed by atoms with Crippen molar-refractivity contribution in [1.82, 2.24) is 0 Å². The van der Waals surface area contributed by atoms with E-state index in [1.54, 1.807) is 0 Å². The van der Waals surface area contributed by atoms with Gasteiger partial charge in [-0.15, -0.1) is 0 Å². The maximum absolute atomic E-state index is 10.0. The Bertz CT molecular complexity index is 221. The first-order chi connectivity index (χ1) is 7.93. The van der Waals surface area contributed by atoms with Gasteiger partial charge >= 0.3 is 0 Å². The zero-order valence-corrected chi connectivity index (χ0v) is 10.8. The minimum atomic E-state index is 0.701. The summed E-state index contributed by atoms with van der Waals surface area (Å²) in [6, 6.07) is 10.4. The average molecular weight is 223 g/mol. The van der Waals surface area contributed by atoms with Crippen molar-refractivity contribution in [2.45, 2.75) is 39.5 Å². The van der Waals surface area contributed by atoms with Crippen molar-refractivity contribution in [2.24, 2.45) is 5.73 Å². The third-order valence-corrected chi connectivity index (χ3v) is 1.88. The maximum atomic E-state index is 10.0. The van der Waals surface area contributed by atoms with Crippen molar-refractivity contribution in [3.05, 3.63) is 35.9 Å². The third kappa shape index (κ3) is 10.9. The summed E-state index contributed by atoms with van der Waals surface area (Å²) in [7, 11) is 1.50. The molecule has 2 N–H and O–H groups in total. The summed E-state index contributed by atoms with van der Waals surface area (Å²) < 4.78 is 0. The molecule has 2 heteroatoms. The number of hydrogen-bond acceptors (Lipinski definition) is 2. The second-order valence-corrected chi connectivity index (χ2v) is 2.90. The molecule has 0 amide bonds. The van der Waals surface area contributed by atoms with E-state index in [1.807, 2.05) is 19.9 Å². The van der Waals surface area contributed by atoms with E-state index < -0.39 is 0 Å². The second kappa shape index (κ2) is 16.3. The van der Waals surface area contributed by atoms with Gasteiger partial charge in [0.1, 0.15) is 6.29 Å². The van der Waals surface area contributed by atoms with Gasteiger partial charge in [0.05, 0.1) is 0 Å². The van der Waals surface area contributed by atoms with Crippen molar-refractivity contribution < 1.29 is 4.79 Å². The Morgan fingerprint density at radius 1 is 1.06 bits per heavy atom. The van der Waals surface area contributed by atoms with Crippen LogP contribution >= 0.6 is 0 Å². The van der Waals surface area contributed by atoms with Crippen LogP contribution < -0.4 is 5.73 Å². The highest BCUT2D eigenvalue weighted by atomic mass is 16.1. The van der Waals surface area contributed by atoms with Crippen LogP contribution in [0.2, 0.25) is 0 Å². The van der Waals surface area contributed by atoms with Gasteiger partial charge in [-0.3, -0.25) is 0 Å². The number of hydrogen-bond donors (Lipinski definition) is 1. The van der Waals surface area contributed by atoms with E-state index in [1.165, 1.54) is 12.6 Å². The largest absolute Gasteiger partial charge is 0.333 e. The van der Waals surface area contributed by atoms with Crippen LogP contribution in [0.15, 0.2) is 30.3 Å². The molecule has 0 aromatic heterocycles. The maximum Gasteiger partial charge on any atom is 0.119 e. The summed E-state index contributed by atoms with van der Waals surface area (Å²) in [5.74, 6) is 0. The number of benzene rings is 1. The number of aldehydes is 1. The van der Waals surface area contributed by atoms with Gasteiger partial charge in [0, 0.05) is 6.42 Å². The molecule has 0 radical (unpaired) electrons. The molecule has 0 saturated heterocycles.